The van der Waals surface area contributed by atoms with Crippen molar-refractivity contribution in [3.63, 3.8) is 0 Å². The summed E-state index contributed by atoms with van der Waals surface area (Å²) in [5, 5.41) is 8.75. The molecule has 4 aromatic rings. The molecule has 1 aliphatic rings. The van der Waals surface area contributed by atoms with Gasteiger partial charge in [0.1, 0.15) is 16.5 Å². The van der Waals surface area contributed by atoms with Crippen LogP contribution in [-0.2, 0) is 12.7 Å². The normalized spacial score (nSPS) is 14.6. The van der Waals surface area contributed by atoms with Gasteiger partial charge in [0.05, 0.1) is 17.4 Å². The minimum Gasteiger partial charge on any atom is -0.326 e. The lowest BCUT2D eigenvalue weighted by atomic mass is 10.0. The van der Waals surface area contributed by atoms with Crippen molar-refractivity contribution in [2.24, 2.45) is 5.73 Å². The molecule has 2 aromatic heterocycles. The molecule has 0 radical (unpaired) electrons. The quantitative estimate of drug-likeness (QED) is 0.291. The predicted octanol–water partition coefficient (Wildman–Crippen LogP) is 5.38. The average Bonchev–Trinajstić information content (AvgIpc) is 3.40. The minimum absolute atomic E-state index is 0.149. The van der Waals surface area contributed by atoms with Crippen LogP contribution in [0.15, 0.2) is 60.1 Å². The Kier molecular flexibility index (Phi) is 7.03. The number of nitrogens with zero attached hydrogens (tertiary/aromatic N) is 4. The van der Waals surface area contributed by atoms with E-state index in [0.717, 1.165) is 22.5 Å². The van der Waals surface area contributed by atoms with Gasteiger partial charge < -0.3 is 11.1 Å². The number of thiazole rings is 1. The molecule has 38 heavy (non-hydrogen) atoms. The van der Waals surface area contributed by atoms with Gasteiger partial charge in [0, 0.05) is 30.2 Å². The van der Waals surface area contributed by atoms with Crippen molar-refractivity contribution in [1.82, 2.24) is 19.7 Å². The second-order valence-electron chi connectivity index (χ2n) is 9.06. The standard InChI is InChI=1S/C26H24F4N6OS/c1-35(17-6-7-17)23(25-32-9-10-38-25)16-5-8-19(27)20(12-16)33-24(37)21-13-22(26(28,29)30)34-36(21)18-4-2-3-15(11-18)14-31/h2-5,8-13,17,23H,6-7,14,31H2,1H3,(H,33,37). The smallest absolute Gasteiger partial charge is 0.326 e. The summed E-state index contributed by atoms with van der Waals surface area (Å²) in [6.45, 7) is 0.149. The molecule has 1 aliphatic carbocycles. The van der Waals surface area contributed by atoms with Crippen LogP contribution in [-0.4, -0.2) is 38.7 Å². The van der Waals surface area contributed by atoms with Crippen molar-refractivity contribution in [2.45, 2.75) is 37.6 Å². The second-order valence-corrected chi connectivity index (χ2v) is 9.99. The Morgan fingerprint density at radius 3 is 2.68 bits per heavy atom. The lowest BCUT2D eigenvalue weighted by molar-refractivity contribution is -0.141. The number of rotatable bonds is 8. The van der Waals surface area contributed by atoms with E-state index in [1.165, 1.54) is 35.6 Å². The van der Waals surface area contributed by atoms with Gasteiger partial charge >= 0.3 is 6.18 Å². The topological polar surface area (TPSA) is 89.1 Å². The molecule has 2 aromatic carbocycles. The molecule has 1 amide bonds. The molecule has 0 saturated heterocycles. The summed E-state index contributed by atoms with van der Waals surface area (Å²) in [7, 11) is 1.97. The van der Waals surface area contributed by atoms with E-state index < -0.39 is 29.3 Å². The van der Waals surface area contributed by atoms with E-state index in [1.54, 1.807) is 24.4 Å². The van der Waals surface area contributed by atoms with Crippen LogP contribution in [0, 0.1) is 5.82 Å². The maximum absolute atomic E-state index is 14.9. The highest BCUT2D eigenvalue weighted by Crippen LogP contribution is 2.38. The fourth-order valence-corrected chi connectivity index (χ4v) is 5.12. The van der Waals surface area contributed by atoms with Crippen molar-refractivity contribution in [2.75, 3.05) is 12.4 Å². The Morgan fingerprint density at radius 1 is 1.24 bits per heavy atom. The van der Waals surface area contributed by atoms with Gasteiger partial charge in [-0.25, -0.2) is 14.1 Å². The molecule has 1 atom stereocenters. The zero-order valence-electron chi connectivity index (χ0n) is 20.2. The van der Waals surface area contributed by atoms with E-state index in [2.05, 4.69) is 20.3 Å². The molecule has 0 spiro atoms. The lowest BCUT2D eigenvalue weighted by Crippen LogP contribution is -2.27. The molecule has 1 unspecified atom stereocenters. The number of nitrogens with two attached hydrogens (primary N) is 1. The summed E-state index contributed by atoms with van der Waals surface area (Å²) in [5.74, 6) is -1.66. The number of carbonyl (C=O) groups is 1. The van der Waals surface area contributed by atoms with Crippen molar-refractivity contribution < 1.29 is 22.4 Å². The highest BCUT2D eigenvalue weighted by Gasteiger charge is 2.37. The van der Waals surface area contributed by atoms with Gasteiger partial charge in [0.15, 0.2) is 5.69 Å². The first-order chi connectivity index (χ1) is 18.2. The summed E-state index contributed by atoms with van der Waals surface area (Å²) in [6, 6.07) is 11.5. The Balaban J connectivity index is 1.51. The van der Waals surface area contributed by atoms with Crippen LogP contribution in [0.5, 0.6) is 0 Å². The predicted molar refractivity (Wildman–Crippen MR) is 136 cm³/mol. The van der Waals surface area contributed by atoms with Crippen LogP contribution >= 0.6 is 11.3 Å². The molecule has 12 heteroatoms. The third-order valence-electron chi connectivity index (χ3n) is 6.39. The highest BCUT2D eigenvalue weighted by atomic mass is 32.1. The van der Waals surface area contributed by atoms with E-state index in [9.17, 15) is 22.4 Å². The molecule has 198 valence electrons. The summed E-state index contributed by atoms with van der Waals surface area (Å²) < 4.78 is 56.3. The third kappa shape index (κ3) is 5.33. The van der Waals surface area contributed by atoms with Crippen LogP contribution in [0.4, 0.5) is 23.2 Å². The minimum atomic E-state index is -4.79. The molecule has 5 rings (SSSR count). The largest absolute Gasteiger partial charge is 0.435 e. The Bertz CT molecular complexity index is 1450. The maximum Gasteiger partial charge on any atom is 0.435 e. The van der Waals surface area contributed by atoms with Gasteiger partial charge in [-0.3, -0.25) is 9.69 Å². The summed E-state index contributed by atoms with van der Waals surface area (Å²) >= 11 is 1.47. The number of alkyl halides is 3. The van der Waals surface area contributed by atoms with E-state index >= 15 is 0 Å². The van der Waals surface area contributed by atoms with E-state index in [1.807, 2.05) is 12.4 Å². The number of aromatic nitrogens is 3. The number of halogens is 4. The zero-order chi connectivity index (χ0) is 27.0. The summed E-state index contributed by atoms with van der Waals surface area (Å²) in [6.07, 6.45) is -1.01. The van der Waals surface area contributed by atoms with E-state index in [0.29, 0.717) is 23.2 Å². The molecular weight excluding hydrogens is 520 g/mol. The SMILES string of the molecule is CN(C1CC1)C(c1ccc(F)c(NC(=O)c2cc(C(F)(F)F)nn2-c2cccc(CN)c2)c1)c1nccs1. The van der Waals surface area contributed by atoms with Crippen molar-refractivity contribution >= 4 is 22.9 Å². The van der Waals surface area contributed by atoms with Crippen LogP contribution in [0.1, 0.15) is 51.2 Å². The molecule has 1 saturated carbocycles. The van der Waals surface area contributed by atoms with Crippen LogP contribution < -0.4 is 11.1 Å². The number of carbonyl (C=O) groups excluding carboxylic acids is 1. The Hall–Kier alpha value is -3.61. The second kappa shape index (κ2) is 10.3. The Morgan fingerprint density at radius 2 is 2.03 bits per heavy atom. The van der Waals surface area contributed by atoms with Gasteiger partial charge in [-0.05, 0) is 55.3 Å². The summed E-state index contributed by atoms with van der Waals surface area (Å²) in [4.78, 5) is 19.9. The van der Waals surface area contributed by atoms with Crippen molar-refractivity contribution in [3.05, 3.63) is 93.4 Å². The van der Waals surface area contributed by atoms with Gasteiger partial charge in [0.25, 0.3) is 5.91 Å². The monoisotopic (exact) mass is 544 g/mol. The van der Waals surface area contributed by atoms with E-state index in [-0.39, 0.29) is 24.0 Å². The fraction of sp³-hybridized carbons (Fsp3) is 0.269. The van der Waals surface area contributed by atoms with Gasteiger partial charge in [0.2, 0.25) is 0 Å². The third-order valence-corrected chi connectivity index (χ3v) is 7.22. The molecule has 2 heterocycles. The maximum atomic E-state index is 14.9. The molecule has 0 bridgehead atoms. The van der Waals surface area contributed by atoms with Crippen molar-refractivity contribution in [3.8, 4) is 5.69 Å². The summed E-state index contributed by atoms with van der Waals surface area (Å²) in [5.41, 5.74) is 5.43. The van der Waals surface area contributed by atoms with Crippen LogP contribution in [0.2, 0.25) is 0 Å². The van der Waals surface area contributed by atoms with Crippen molar-refractivity contribution in [1.29, 1.82) is 0 Å². The van der Waals surface area contributed by atoms with Gasteiger partial charge in [-0.2, -0.15) is 18.3 Å². The Labute approximate surface area is 219 Å². The first-order valence-corrected chi connectivity index (χ1v) is 12.7. The number of hydrogen-bond acceptors (Lipinski definition) is 6. The zero-order valence-corrected chi connectivity index (χ0v) is 21.1. The fourth-order valence-electron chi connectivity index (χ4n) is 4.30. The molecule has 7 nitrogen and oxygen atoms in total. The highest BCUT2D eigenvalue weighted by molar-refractivity contribution is 7.09. The number of anilines is 1. The number of amides is 1. The molecular formula is C26H24F4N6OS. The molecule has 0 aliphatic heterocycles. The molecule has 1 fully saturated rings. The molecule has 3 N–H and O–H groups in total. The average molecular weight is 545 g/mol. The lowest BCUT2D eigenvalue weighted by Gasteiger charge is -2.27. The van der Waals surface area contributed by atoms with Gasteiger partial charge in [-0.15, -0.1) is 11.3 Å². The first kappa shape index (κ1) is 26.0. The first-order valence-electron chi connectivity index (χ1n) is 11.8. The van der Waals surface area contributed by atoms with Crippen LogP contribution in [0.3, 0.4) is 0 Å². The van der Waals surface area contributed by atoms with Crippen LogP contribution in [0.25, 0.3) is 5.69 Å². The number of hydrogen-bond donors (Lipinski definition) is 2. The number of nitrogens with one attached hydrogen (secondary N) is 1. The number of benzene rings is 2. The van der Waals surface area contributed by atoms with Gasteiger partial charge in [-0.1, -0.05) is 18.2 Å². The van der Waals surface area contributed by atoms with E-state index in [4.69, 9.17) is 5.73 Å².